The highest BCUT2D eigenvalue weighted by Crippen LogP contribution is 2.18. The number of nitrogens with zero attached hydrogens (tertiary/aromatic N) is 2. The smallest absolute Gasteiger partial charge is 0.266 e. The monoisotopic (exact) mass is 346 g/mol. The fraction of sp³-hybridized carbons (Fsp3) is 0.182. The number of amides is 1. The Labute approximate surface area is 154 Å². The molecular weight excluding hydrogens is 324 g/mol. The Hall–Kier alpha value is -3.14. The van der Waals surface area contributed by atoms with Gasteiger partial charge in [-0.05, 0) is 54.8 Å². The number of aromatic nitrogens is 1. The van der Waals surface area contributed by atoms with Gasteiger partial charge in [-0.1, -0.05) is 42.5 Å². The molecule has 0 aliphatic heterocycles. The van der Waals surface area contributed by atoms with Crippen LogP contribution >= 0.6 is 0 Å². The molecule has 0 aliphatic rings. The van der Waals surface area contributed by atoms with Crippen LogP contribution < -0.4 is 9.64 Å². The molecule has 0 atom stereocenters. The quantitative estimate of drug-likeness (QED) is 0.668. The van der Waals surface area contributed by atoms with Gasteiger partial charge in [0.05, 0.1) is 6.54 Å². The summed E-state index contributed by atoms with van der Waals surface area (Å²) in [5.41, 5.74) is 3.26. The minimum absolute atomic E-state index is 0.0354. The number of rotatable bonds is 6. The standard InChI is InChI=1S/C22H22N2O2/c1-17-12-18(2)14-20(13-17)26-16-22(25)24(21-10-6-7-11-23-21)15-19-8-4-3-5-9-19/h3-14H,15-16H2,1-2H3. The van der Waals surface area contributed by atoms with Gasteiger partial charge in [0.15, 0.2) is 6.61 Å². The minimum atomic E-state index is -0.133. The zero-order valence-electron chi connectivity index (χ0n) is 15.1. The fourth-order valence-electron chi connectivity index (χ4n) is 2.82. The first-order valence-electron chi connectivity index (χ1n) is 8.58. The highest BCUT2D eigenvalue weighted by atomic mass is 16.5. The maximum absolute atomic E-state index is 12.9. The number of anilines is 1. The van der Waals surface area contributed by atoms with Gasteiger partial charge < -0.3 is 4.74 Å². The summed E-state index contributed by atoms with van der Waals surface area (Å²) in [4.78, 5) is 18.8. The molecule has 1 heterocycles. The molecule has 1 aromatic heterocycles. The summed E-state index contributed by atoms with van der Waals surface area (Å²) in [5, 5.41) is 0. The molecular formula is C22H22N2O2. The molecule has 132 valence electrons. The van der Waals surface area contributed by atoms with E-state index in [1.807, 2.05) is 74.5 Å². The van der Waals surface area contributed by atoms with Crippen LogP contribution in [-0.2, 0) is 11.3 Å². The first-order valence-corrected chi connectivity index (χ1v) is 8.58. The number of ether oxygens (including phenoxy) is 1. The van der Waals surface area contributed by atoms with Gasteiger partial charge in [0.1, 0.15) is 11.6 Å². The van der Waals surface area contributed by atoms with Crippen molar-refractivity contribution in [3.8, 4) is 5.75 Å². The van der Waals surface area contributed by atoms with E-state index < -0.39 is 0 Å². The molecule has 3 rings (SSSR count). The van der Waals surface area contributed by atoms with Crippen LogP contribution in [0, 0.1) is 13.8 Å². The van der Waals surface area contributed by atoms with Crippen LogP contribution in [0.3, 0.4) is 0 Å². The van der Waals surface area contributed by atoms with Gasteiger partial charge in [-0.3, -0.25) is 9.69 Å². The van der Waals surface area contributed by atoms with Gasteiger partial charge >= 0.3 is 0 Å². The Bertz CT molecular complexity index is 844. The molecule has 4 nitrogen and oxygen atoms in total. The number of hydrogen-bond acceptors (Lipinski definition) is 3. The lowest BCUT2D eigenvalue weighted by Gasteiger charge is -2.22. The number of hydrogen-bond donors (Lipinski definition) is 0. The first-order chi connectivity index (χ1) is 12.6. The number of carbonyl (C=O) groups is 1. The molecule has 0 bridgehead atoms. The molecule has 0 saturated heterocycles. The van der Waals surface area contributed by atoms with E-state index in [4.69, 9.17) is 4.74 Å². The van der Waals surface area contributed by atoms with E-state index in [9.17, 15) is 4.79 Å². The van der Waals surface area contributed by atoms with Crippen molar-refractivity contribution in [2.24, 2.45) is 0 Å². The van der Waals surface area contributed by atoms with Gasteiger partial charge in [0.25, 0.3) is 5.91 Å². The van der Waals surface area contributed by atoms with E-state index in [-0.39, 0.29) is 12.5 Å². The van der Waals surface area contributed by atoms with Crippen LogP contribution in [0.2, 0.25) is 0 Å². The van der Waals surface area contributed by atoms with Crippen molar-refractivity contribution in [1.82, 2.24) is 4.98 Å². The SMILES string of the molecule is Cc1cc(C)cc(OCC(=O)N(Cc2ccccc2)c2ccccn2)c1. The molecule has 0 spiro atoms. The van der Waals surface area contributed by atoms with Crippen LogP contribution in [0.25, 0.3) is 0 Å². The average Bonchev–Trinajstić information content (AvgIpc) is 2.65. The molecule has 0 aliphatic carbocycles. The Morgan fingerprint density at radius 2 is 1.65 bits per heavy atom. The van der Waals surface area contributed by atoms with E-state index in [1.54, 1.807) is 11.1 Å². The van der Waals surface area contributed by atoms with E-state index in [2.05, 4.69) is 11.1 Å². The third-order valence-corrected chi connectivity index (χ3v) is 3.97. The third-order valence-electron chi connectivity index (χ3n) is 3.97. The second-order valence-electron chi connectivity index (χ2n) is 6.27. The Balaban J connectivity index is 1.76. The van der Waals surface area contributed by atoms with E-state index >= 15 is 0 Å². The van der Waals surface area contributed by atoms with Gasteiger partial charge in [-0.2, -0.15) is 0 Å². The number of aryl methyl sites for hydroxylation is 2. The predicted octanol–water partition coefficient (Wildman–Crippen LogP) is 4.31. The lowest BCUT2D eigenvalue weighted by atomic mass is 10.1. The second-order valence-corrected chi connectivity index (χ2v) is 6.27. The summed E-state index contributed by atoms with van der Waals surface area (Å²) in [7, 11) is 0. The van der Waals surface area contributed by atoms with Crippen molar-refractivity contribution in [2.45, 2.75) is 20.4 Å². The van der Waals surface area contributed by atoms with Crippen molar-refractivity contribution in [1.29, 1.82) is 0 Å². The van der Waals surface area contributed by atoms with Gasteiger partial charge in [0, 0.05) is 6.20 Å². The molecule has 0 radical (unpaired) electrons. The fourth-order valence-corrected chi connectivity index (χ4v) is 2.82. The van der Waals surface area contributed by atoms with Gasteiger partial charge in [0.2, 0.25) is 0 Å². The molecule has 3 aromatic rings. The summed E-state index contributed by atoms with van der Waals surface area (Å²) in [5.74, 6) is 1.19. The second kappa shape index (κ2) is 8.30. The number of carbonyl (C=O) groups excluding carboxylic acids is 1. The lowest BCUT2D eigenvalue weighted by molar-refractivity contribution is -0.120. The summed E-state index contributed by atoms with van der Waals surface area (Å²) < 4.78 is 5.75. The topological polar surface area (TPSA) is 42.4 Å². The van der Waals surface area contributed by atoms with Crippen LogP contribution in [-0.4, -0.2) is 17.5 Å². The minimum Gasteiger partial charge on any atom is -0.484 e. The van der Waals surface area contributed by atoms with Gasteiger partial charge in [-0.15, -0.1) is 0 Å². The Morgan fingerprint density at radius 3 is 2.31 bits per heavy atom. The molecule has 0 fully saturated rings. The first kappa shape index (κ1) is 17.7. The normalized spacial score (nSPS) is 10.4. The third kappa shape index (κ3) is 4.70. The largest absolute Gasteiger partial charge is 0.484 e. The van der Waals surface area contributed by atoms with E-state index in [1.165, 1.54) is 0 Å². The maximum atomic E-state index is 12.9. The van der Waals surface area contributed by atoms with Crippen molar-refractivity contribution in [3.63, 3.8) is 0 Å². The molecule has 1 amide bonds. The van der Waals surface area contributed by atoms with E-state index in [0.29, 0.717) is 18.1 Å². The number of benzene rings is 2. The zero-order valence-corrected chi connectivity index (χ0v) is 15.1. The molecule has 26 heavy (non-hydrogen) atoms. The van der Waals surface area contributed by atoms with Gasteiger partial charge in [-0.25, -0.2) is 4.98 Å². The zero-order chi connectivity index (χ0) is 18.4. The highest BCUT2D eigenvalue weighted by molar-refractivity contribution is 5.93. The van der Waals surface area contributed by atoms with Crippen LogP contribution in [0.4, 0.5) is 5.82 Å². The van der Waals surface area contributed by atoms with Crippen LogP contribution in [0.15, 0.2) is 72.9 Å². The Kier molecular flexibility index (Phi) is 5.64. The lowest BCUT2D eigenvalue weighted by Crippen LogP contribution is -2.35. The van der Waals surface area contributed by atoms with Crippen molar-refractivity contribution in [3.05, 3.63) is 89.6 Å². The molecule has 0 N–H and O–H groups in total. The summed E-state index contributed by atoms with van der Waals surface area (Å²) in [6.07, 6.45) is 1.69. The van der Waals surface area contributed by atoms with Crippen molar-refractivity contribution in [2.75, 3.05) is 11.5 Å². The highest BCUT2D eigenvalue weighted by Gasteiger charge is 2.18. The molecule has 4 heteroatoms. The van der Waals surface area contributed by atoms with Crippen molar-refractivity contribution >= 4 is 11.7 Å². The summed E-state index contributed by atoms with van der Waals surface area (Å²) in [6, 6.07) is 21.3. The molecule has 2 aromatic carbocycles. The van der Waals surface area contributed by atoms with Crippen LogP contribution in [0.1, 0.15) is 16.7 Å². The predicted molar refractivity (Wildman–Crippen MR) is 103 cm³/mol. The van der Waals surface area contributed by atoms with Crippen LogP contribution in [0.5, 0.6) is 5.75 Å². The van der Waals surface area contributed by atoms with E-state index in [0.717, 1.165) is 16.7 Å². The maximum Gasteiger partial charge on any atom is 0.266 e. The summed E-state index contributed by atoms with van der Waals surface area (Å²) in [6.45, 7) is 4.44. The van der Waals surface area contributed by atoms with Crippen molar-refractivity contribution < 1.29 is 9.53 Å². The molecule has 0 unspecified atom stereocenters. The number of pyridine rings is 1. The average molecular weight is 346 g/mol. The summed E-state index contributed by atoms with van der Waals surface area (Å²) >= 11 is 0. The molecule has 0 saturated carbocycles. The Morgan fingerprint density at radius 1 is 0.962 bits per heavy atom.